The van der Waals surface area contributed by atoms with E-state index in [0.717, 1.165) is 31.2 Å². The average molecular weight is 407 g/mol. The Hall–Kier alpha value is -1.70. The van der Waals surface area contributed by atoms with Crippen LogP contribution in [-0.2, 0) is 16.6 Å². The number of sulfonamides is 1. The lowest BCUT2D eigenvalue weighted by atomic mass is 9.96. The average Bonchev–Trinajstić information content (AvgIpc) is 3.20. The molecule has 5 nitrogen and oxygen atoms in total. The standard InChI is InChI=1S/C20H26N2O3S2/c1-21(14-16-11-12-26-15-16)20(23)17-7-6-10-19(13-17)27(24,25)22(2)18-8-4-3-5-9-18/h6-7,10-13,15,18H,3-5,8-9,14H2,1-2H3. The van der Waals surface area contributed by atoms with Crippen molar-refractivity contribution in [3.05, 3.63) is 52.2 Å². The zero-order chi connectivity index (χ0) is 19.4. The maximum Gasteiger partial charge on any atom is 0.253 e. The number of amides is 1. The van der Waals surface area contributed by atoms with E-state index < -0.39 is 10.0 Å². The van der Waals surface area contributed by atoms with Crippen LogP contribution in [0.1, 0.15) is 48.0 Å². The first-order valence-corrected chi connectivity index (χ1v) is 11.6. The fraction of sp³-hybridized carbons (Fsp3) is 0.450. The largest absolute Gasteiger partial charge is 0.337 e. The monoisotopic (exact) mass is 406 g/mol. The molecule has 1 saturated carbocycles. The van der Waals surface area contributed by atoms with Gasteiger partial charge < -0.3 is 4.90 Å². The normalized spacial score (nSPS) is 15.8. The van der Waals surface area contributed by atoms with E-state index >= 15 is 0 Å². The first-order chi connectivity index (χ1) is 12.9. The third-order valence-electron chi connectivity index (χ3n) is 5.19. The lowest BCUT2D eigenvalue weighted by molar-refractivity contribution is 0.0785. The maximum atomic E-state index is 13.0. The molecule has 1 aromatic heterocycles. The molecule has 1 heterocycles. The lowest BCUT2D eigenvalue weighted by Gasteiger charge is -2.30. The van der Waals surface area contributed by atoms with Gasteiger partial charge in [-0.2, -0.15) is 15.6 Å². The Labute approximate surface area is 165 Å². The number of rotatable bonds is 6. The van der Waals surface area contributed by atoms with Gasteiger partial charge in [0, 0.05) is 32.2 Å². The highest BCUT2D eigenvalue weighted by Crippen LogP contribution is 2.27. The van der Waals surface area contributed by atoms with Crippen LogP contribution in [0.15, 0.2) is 46.0 Å². The summed E-state index contributed by atoms with van der Waals surface area (Å²) in [6, 6.07) is 8.42. The van der Waals surface area contributed by atoms with E-state index in [1.165, 1.54) is 16.8 Å². The van der Waals surface area contributed by atoms with E-state index in [1.54, 1.807) is 48.5 Å². The Balaban J connectivity index is 1.78. The zero-order valence-corrected chi connectivity index (χ0v) is 17.4. The van der Waals surface area contributed by atoms with Gasteiger partial charge in [-0.05, 0) is 53.4 Å². The molecule has 0 N–H and O–H groups in total. The SMILES string of the molecule is CN(Cc1ccsc1)C(=O)c1cccc(S(=O)(=O)N(C)C2CCCCC2)c1. The minimum absolute atomic E-state index is 0.0457. The molecule has 0 unspecified atom stereocenters. The number of hydrogen-bond donors (Lipinski definition) is 0. The van der Waals surface area contributed by atoms with Gasteiger partial charge in [0.05, 0.1) is 4.90 Å². The molecule has 1 aliphatic rings. The molecule has 0 aliphatic heterocycles. The van der Waals surface area contributed by atoms with Gasteiger partial charge in [0.25, 0.3) is 5.91 Å². The zero-order valence-electron chi connectivity index (χ0n) is 15.8. The molecule has 1 aliphatic carbocycles. The molecule has 0 spiro atoms. The van der Waals surface area contributed by atoms with E-state index in [-0.39, 0.29) is 16.8 Å². The number of thiophene rings is 1. The molecule has 0 radical (unpaired) electrons. The van der Waals surface area contributed by atoms with Gasteiger partial charge >= 0.3 is 0 Å². The number of carbonyl (C=O) groups excluding carboxylic acids is 1. The summed E-state index contributed by atoms with van der Waals surface area (Å²) in [6.07, 6.45) is 5.10. The molecule has 1 amide bonds. The van der Waals surface area contributed by atoms with Crippen LogP contribution in [0.4, 0.5) is 0 Å². The topological polar surface area (TPSA) is 57.7 Å². The van der Waals surface area contributed by atoms with Gasteiger partial charge in [-0.3, -0.25) is 4.79 Å². The Kier molecular flexibility index (Phi) is 6.34. The fourth-order valence-electron chi connectivity index (χ4n) is 3.55. The van der Waals surface area contributed by atoms with Crippen LogP contribution in [0.3, 0.4) is 0 Å². The minimum atomic E-state index is -3.61. The number of benzene rings is 1. The van der Waals surface area contributed by atoms with Gasteiger partial charge in [0.15, 0.2) is 0 Å². The predicted octanol–water partition coefficient (Wildman–Crippen LogP) is 3.97. The number of nitrogens with zero attached hydrogens (tertiary/aromatic N) is 2. The fourth-order valence-corrected chi connectivity index (χ4v) is 5.67. The van der Waals surface area contributed by atoms with Crippen LogP contribution in [0.2, 0.25) is 0 Å². The molecule has 146 valence electrons. The highest BCUT2D eigenvalue weighted by molar-refractivity contribution is 7.89. The highest BCUT2D eigenvalue weighted by Gasteiger charge is 2.29. The smallest absolute Gasteiger partial charge is 0.253 e. The van der Waals surface area contributed by atoms with Gasteiger partial charge in [0.2, 0.25) is 10.0 Å². The first-order valence-electron chi connectivity index (χ1n) is 9.24. The summed E-state index contributed by atoms with van der Waals surface area (Å²) in [6.45, 7) is 0.501. The third kappa shape index (κ3) is 4.59. The van der Waals surface area contributed by atoms with E-state index in [2.05, 4.69) is 0 Å². The van der Waals surface area contributed by atoms with E-state index in [9.17, 15) is 13.2 Å². The molecular weight excluding hydrogens is 380 g/mol. The molecule has 27 heavy (non-hydrogen) atoms. The molecular formula is C20H26N2O3S2. The molecule has 1 aromatic carbocycles. The summed E-state index contributed by atoms with van der Waals surface area (Å²) in [5.41, 5.74) is 1.46. The van der Waals surface area contributed by atoms with Crippen LogP contribution < -0.4 is 0 Å². The van der Waals surface area contributed by atoms with Crippen LogP contribution >= 0.6 is 11.3 Å². The van der Waals surface area contributed by atoms with Crippen molar-refractivity contribution in [1.82, 2.24) is 9.21 Å². The molecule has 0 saturated heterocycles. The first kappa shape index (κ1) is 20.0. The summed E-state index contributed by atoms with van der Waals surface area (Å²) in [7, 11) is -0.219. The summed E-state index contributed by atoms with van der Waals surface area (Å²) in [5.74, 6) is -0.182. The highest BCUT2D eigenvalue weighted by atomic mass is 32.2. The number of carbonyl (C=O) groups is 1. The Morgan fingerprint density at radius 2 is 1.89 bits per heavy atom. The molecule has 2 aromatic rings. The Bertz CT molecular complexity index is 872. The quantitative estimate of drug-likeness (QED) is 0.729. The summed E-state index contributed by atoms with van der Waals surface area (Å²) < 4.78 is 27.6. The van der Waals surface area contributed by atoms with Gasteiger partial charge in [-0.1, -0.05) is 25.3 Å². The molecule has 0 atom stereocenters. The molecule has 1 fully saturated rings. The van der Waals surface area contributed by atoms with Gasteiger partial charge in [0.1, 0.15) is 0 Å². The second-order valence-electron chi connectivity index (χ2n) is 7.13. The molecule has 3 rings (SSSR count). The Morgan fingerprint density at radius 1 is 1.15 bits per heavy atom. The van der Waals surface area contributed by atoms with Crippen molar-refractivity contribution < 1.29 is 13.2 Å². The summed E-state index contributed by atoms with van der Waals surface area (Å²) >= 11 is 1.59. The number of hydrogen-bond acceptors (Lipinski definition) is 4. The van der Waals surface area contributed by atoms with E-state index in [1.807, 2.05) is 16.8 Å². The van der Waals surface area contributed by atoms with Crippen LogP contribution in [-0.4, -0.2) is 43.7 Å². The Morgan fingerprint density at radius 3 is 2.56 bits per heavy atom. The van der Waals surface area contributed by atoms with Crippen molar-refractivity contribution in [2.75, 3.05) is 14.1 Å². The molecule has 7 heteroatoms. The van der Waals surface area contributed by atoms with Crippen molar-refractivity contribution >= 4 is 27.3 Å². The summed E-state index contributed by atoms with van der Waals surface area (Å²) in [5, 5.41) is 3.98. The minimum Gasteiger partial charge on any atom is -0.337 e. The van der Waals surface area contributed by atoms with Gasteiger partial charge in [-0.15, -0.1) is 0 Å². The second kappa shape index (κ2) is 8.54. The maximum absolute atomic E-state index is 13.0. The van der Waals surface area contributed by atoms with Crippen LogP contribution in [0.25, 0.3) is 0 Å². The van der Waals surface area contributed by atoms with Crippen molar-refractivity contribution in [3.63, 3.8) is 0 Å². The van der Waals surface area contributed by atoms with Crippen LogP contribution in [0.5, 0.6) is 0 Å². The van der Waals surface area contributed by atoms with Crippen molar-refractivity contribution in [1.29, 1.82) is 0 Å². The lowest BCUT2D eigenvalue weighted by Crippen LogP contribution is -2.38. The third-order valence-corrected chi connectivity index (χ3v) is 7.83. The second-order valence-corrected chi connectivity index (χ2v) is 9.91. The van der Waals surface area contributed by atoms with E-state index in [0.29, 0.717) is 12.1 Å². The molecule has 0 bridgehead atoms. The van der Waals surface area contributed by atoms with Crippen molar-refractivity contribution in [2.24, 2.45) is 0 Å². The van der Waals surface area contributed by atoms with Crippen LogP contribution in [0, 0.1) is 0 Å². The van der Waals surface area contributed by atoms with Crippen molar-refractivity contribution in [3.8, 4) is 0 Å². The van der Waals surface area contributed by atoms with E-state index in [4.69, 9.17) is 0 Å². The van der Waals surface area contributed by atoms with Crippen molar-refractivity contribution in [2.45, 2.75) is 49.6 Å². The predicted molar refractivity (Wildman–Crippen MR) is 108 cm³/mol. The summed E-state index contributed by atoms with van der Waals surface area (Å²) in [4.78, 5) is 14.5. The van der Waals surface area contributed by atoms with Gasteiger partial charge in [-0.25, -0.2) is 8.42 Å².